The molecule has 5 heteroatoms. The van der Waals surface area contributed by atoms with E-state index in [1.54, 1.807) is 0 Å². The number of benzene rings is 2. The lowest BCUT2D eigenvalue weighted by atomic mass is 10.2. The van der Waals surface area contributed by atoms with Crippen LogP contribution in [0, 0.1) is 13.8 Å². The van der Waals surface area contributed by atoms with Crippen molar-refractivity contribution in [2.45, 2.75) is 26.8 Å². The topological polar surface area (TPSA) is 72.9 Å². The molecule has 1 unspecified atom stereocenters. The van der Waals surface area contributed by atoms with E-state index >= 15 is 0 Å². The second-order valence-corrected chi connectivity index (χ2v) is 5.78. The van der Waals surface area contributed by atoms with Crippen molar-refractivity contribution >= 4 is 28.3 Å². The lowest BCUT2D eigenvalue weighted by Gasteiger charge is -2.16. The smallest absolute Gasteiger partial charge is 0.247 e. The quantitative estimate of drug-likeness (QED) is 0.728. The zero-order valence-electron chi connectivity index (χ0n) is 13.5. The summed E-state index contributed by atoms with van der Waals surface area (Å²) >= 11 is 0. The maximum atomic E-state index is 12.6. The molecule has 3 rings (SSSR count). The second kappa shape index (κ2) is 5.76. The van der Waals surface area contributed by atoms with E-state index in [1.807, 2.05) is 67.8 Å². The van der Waals surface area contributed by atoms with Gasteiger partial charge in [-0.3, -0.25) is 4.79 Å². The fourth-order valence-electron chi connectivity index (χ4n) is 2.74. The third-order valence-electron chi connectivity index (χ3n) is 4.01. The molecule has 0 radical (unpaired) electrons. The summed E-state index contributed by atoms with van der Waals surface area (Å²) in [7, 11) is 0. The Balaban J connectivity index is 1.92. The number of rotatable bonds is 3. The van der Waals surface area contributed by atoms with Crippen molar-refractivity contribution in [2.75, 3.05) is 11.1 Å². The Morgan fingerprint density at radius 1 is 1.17 bits per heavy atom. The van der Waals surface area contributed by atoms with Gasteiger partial charge in [-0.05, 0) is 45.0 Å². The first-order chi connectivity index (χ1) is 11.0. The van der Waals surface area contributed by atoms with E-state index in [9.17, 15) is 4.79 Å². The van der Waals surface area contributed by atoms with E-state index in [-0.39, 0.29) is 11.9 Å². The van der Waals surface area contributed by atoms with E-state index < -0.39 is 0 Å². The molecule has 3 aromatic rings. The summed E-state index contributed by atoms with van der Waals surface area (Å²) in [5, 5.41) is 2.94. The highest BCUT2D eigenvalue weighted by molar-refractivity contribution is 5.95. The van der Waals surface area contributed by atoms with Crippen LogP contribution in [-0.2, 0) is 4.79 Å². The van der Waals surface area contributed by atoms with Crippen LogP contribution >= 0.6 is 0 Å². The molecule has 0 fully saturated rings. The third kappa shape index (κ3) is 2.77. The molecule has 1 amide bonds. The number of amides is 1. The zero-order valence-corrected chi connectivity index (χ0v) is 13.5. The number of nitrogens with zero attached hydrogens (tertiary/aromatic N) is 2. The normalized spacial score (nSPS) is 12.3. The van der Waals surface area contributed by atoms with Gasteiger partial charge in [-0.25, -0.2) is 4.98 Å². The van der Waals surface area contributed by atoms with Gasteiger partial charge in [0.15, 0.2) is 0 Å². The molecular formula is C18H20N4O. The average molecular weight is 308 g/mol. The van der Waals surface area contributed by atoms with Gasteiger partial charge < -0.3 is 15.6 Å². The molecule has 23 heavy (non-hydrogen) atoms. The van der Waals surface area contributed by atoms with Crippen molar-refractivity contribution < 1.29 is 4.79 Å². The summed E-state index contributed by atoms with van der Waals surface area (Å²) in [6.07, 6.45) is 0. The highest BCUT2D eigenvalue weighted by Gasteiger charge is 2.20. The Kier molecular flexibility index (Phi) is 3.78. The van der Waals surface area contributed by atoms with Crippen molar-refractivity contribution in [3.63, 3.8) is 0 Å². The van der Waals surface area contributed by atoms with Crippen LogP contribution in [0.4, 0.5) is 11.4 Å². The van der Waals surface area contributed by atoms with Crippen molar-refractivity contribution in [3.8, 4) is 0 Å². The molecule has 0 aliphatic carbocycles. The van der Waals surface area contributed by atoms with Crippen molar-refractivity contribution in [2.24, 2.45) is 0 Å². The number of aromatic nitrogens is 2. The first kappa shape index (κ1) is 15.1. The van der Waals surface area contributed by atoms with Crippen molar-refractivity contribution in [1.82, 2.24) is 9.55 Å². The Hall–Kier alpha value is -2.82. The number of aryl methyl sites for hydroxylation is 2. The van der Waals surface area contributed by atoms with Crippen LogP contribution in [0.1, 0.15) is 24.4 Å². The van der Waals surface area contributed by atoms with Gasteiger partial charge in [-0.2, -0.15) is 0 Å². The third-order valence-corrected chi connectivity index (χ3v) is 4.01. The van der Waals surface area contributed by atoms with Gasteiger partial charge in [0.25, 0.3) is 0 Å². The fourth-order valence-corrected chi connectivity index (χ4v) is 2.74. The van der Waals surface area contributed by atoms with Gasteiger partial charge in [0.2, 0.25) is 5.91 Å². The monoisotopic (exact) mass is 308 g/mol. The molecule has 0 spiro atoms. The number of hydrogen-bond donors (Lipinski definition) is 2. The summed E-state index contributed by atoms with van der Waals surface area (Å²) < 4.78 is 1.91. The van der Waals surface area contributed by atoms with Crippen LogP contribution in [0.15, 0.2) is 42.5 Å². The number of carbonyl (C=O) groups excluding carboxylic acids is 1. The zero-order chi connectivity index (χ0) is 16.6. The first-order valence-corrected chi connectivity index (χ1v) is 7.58. The van der Waals surface area contributed by atoms with Crippen LogP contribution in [0.5, 0.6) is 0 Å². The van der Waals surface area contributed by atoms with E-state index in [0.29, 0.717) is 5.69 Å². The minimum Gasteiger partial charge on any atom is -0.397 e. The van der Waals surface area contributed by atoms with E-state index in [0.717, 1.165) is 28.1 Å². The molecule has 1 aromatic heterocycles. The van der Waals surface area contributed by atoms with Crippen LogP contribution in [0.2, 0.25) is 0 Å². The Labute approximate surface area is 135 Å². The number of hydrogen-bond acceptors (Lipinski definition) is 3. The van der Waals surface area contributed by atoms with Crippen molar-refractivity contribution in [1.29, 1.82) is 0 Å². The molecule has 0 aliphatic heterocycles. The van der Waals surface area contributed by atoms with Gasteiger partial charge in [-0.1, -0.05) is 23.8 Å². The maximum absolute atomic E-state index is 12.6. The SMILES string of the molecule is Cc1ccc(NC(=O)C(C)n2c(C)nc3c(N)cccc32)cc1. The Morgan fingerprint density at radius 3 is 2.57 bits per heavy atom. The predicted octanol–water partition coefficient (Wildman–Crippen LogP) is 3.44. The predicted molar refractivity (Wildman–Crippen MR) is 93.4 cm³/mol. The van der Waals surface area contributed by atoms with Gasteiger partial charge >= 0.3 is 0 Å². The van der Waals surface area contributed by atoms with Gasteiger partial charge in [-0.15, -0.1) is 0 Å². The fraction of sp³-hybridized carbons (Fsp3) is 0.222. The van der Waals surface area contributed by atoms with Gasteiger partial charge in [0.05, 0.1) is 11.2 Å². The minimum atomic E-state index is -0.386. The van der Waals surface area contributed by atoms with Crippen LogP contribution in [0.3, 0.4) is 0 Å². The summed E-state index contributed by atoms with van der Waals surface area (Å²) in [6, 6.07) is 13.0. The Bertz CT molecular complexity index is 865. The number of carbonyl (C=O) groups is 1. The molecular weight excluding hydrogens is 288 g/mol. The molecule has 1 atom stereocenters. The maximum Gasteiger partial charge on any atom is 0.247 e. The van der Waals surface area contributed by atoms with Crippen LogP contribution in [0.25, 0.3) is 11.0 Å². The molecule has 0 saturated carbocycles. The van der Waals surface area contributed by atoms with E-state index in [2.05, 4.69) is 10.3 Å². The summed E-state index contributed by atoms with van der Waals surface area (Å²) in [5.41, 5.74) is 10.1. The van der Waals surface area contributed by atoms with Crippen LogP contribution < -0.4 is 11.1 Å². The number of fused-ring (bicyclic) bond motifs is 1. The standard InChI is InChI=1S/C18H20N4O/c1-11-7-9-14(10-8-11)21-18(23)12(2)22-13(3)20-17-15(19)5-4-6-16(17)22/h4-10,12H,19H2,1-3H3,(H,21,23). The molecule has 118 valence electrons. The molecule has 3 N–H and O–H groups in total. The first-order valence-electron chi connectivity index (χ1n) is 7.58. The molecule has 5 nitrogen and oxygen atoms in total. The van der Waals surface area contributed by atoms with Gasteiger partial charge in [0, 0.05) is 5.69 Å². The number of anilines is 2. The average Bonchev–Trinajstić information content (AvgIpc) is 2.86. The largest absolute Gasteiger partial charge is 0.397 e. The summed E-state index contributed by atoms with van der Waals surface area (Å²) in [4.78, 5) is 17.1. The number of imidazole rings is 1. The second-order valence-electron chi connectivity index (χ2n) is 5.78. The molecule has 0 saturated heterocycles. The van der Waals surface area contributed by atoms with Crippen molar-refractivity contribution in [3.05, 3.63) is 53.9 Å². The molecule has 2 aromatic carbocycles. The Morgan fingerprint density at radius 2 is 1.87 bits per heavy atom. The summed E-state index contributed by atoms with van der Waals surface area (Å²) in [5.74, 6) is 0.683. The minimum absolute atomic E-state index is 0.0846. The van der Waals surface area contributed by atoms with Gasteiger partial charge in [0.1, 0.15) is 17.4 Å². The lowest BCUT2D eigenvalue weighted by Crippen LogP contribution is -2.24. The summed E-state index contributed by atoms with van der Waals surface area (Å²) in [6.45, 7) is 5.76. The number of nitrogens with two attached hydrogens (primary N) is 1. The highest BCUT2D eigenvalue weighted by atomic mass is 16.2. The molecule has 0 bridgehead atoms. The number of nitrogens with one attached hydrogen (secondary N) is 1. The molecule has 1 heterocycles. The van der Waals surface area contributed by atoms with Crippen LogP contribution in [-0.4, -0.2) is 15.5 Å². The number of para-hydroxylation sites is 1. The van der Waals surface area contributed by atoms with E-state index in [1.165, 1.54) is 0 Å². The molecule has 0 aliphatic rings. The van der Waals surface area contributed by atoms with E-state index in [4.69, 9.17) is 5.73 Å². The number of nitrogen functional groups attached to an aromatic ring is 1. The highest BCUT2D eigenvalue weighted by Crippen LogP contribution is 2.25. The lowest BCUT2D eigenvalue weighted by molar-refractivity contribution is -0.118.